The Bertz CT molecular complexity index is 2320. The molecule has 4 fully saturated rings. The summed E-state index contributed by atoms with van der Waals surface area (Å²) in [6.07, 6.45) is 8.49. The minimum Gasteiger partial charge on any atom is -0.482 e. The van der Waals surface area contributed by atoms with E-state index >= 15 is 0 Å². The van der Waals surface area contributed by atoms with Crippen LogP contribution < -0.4 is 42.2 Å². The monoisotopic (exact) mass is 994 g/mol. The van der Waals surface area contributed by atoms with Gasteiger partial charge in [-0.15, -0.1) is 0 Å². The number of piperidine rings is 2. The molecule has 4 heterocycles. The Morgan fingerprint density at radius 2 is 0.896 bits per heavy atom. The molecular formula is C49H58Cl4N8O6. The van der Waals surface area contributed by atoms with Crippen LogP contribution in [-0.2, 0) is 32.3 Å². The van der Waals surface area contributed by atoms with Gasteiger partial charge >= 0.3 is 0 Å². The molecule has 8 rings (SSSR count). The highest BCUT2D eigenvalue weighted by Gasteiger charge is 2.42. The molecule has 67 heavy (non-hydrogen) atoms. The number of halogens is 4. The average molecular weight is 997 g/mol. The van der Waals surface area contributed by atoms with Gasteiger partial charge in [0.15, 0.2) is 13.2 Å². The molecule has 4 aliphatic heterocycles. The first-order valence-electron chi connectivity index (χ1n) is 22.8. The molecule has 4 aromatic carbocycles. The fourth-order valence-electron chi connectivity index (χ4n) is 9.72. The number of anilines is 2. The van der Waals surface area contributed by atoms with E-state index in [2.05, 4.69) is 55.3 Å². The van der Waals surface area contributed by atoms with Crippen molar-refractivity contribution in [3.05, 3.63) is 116 Å². The Labute approximate surface area is 411 Å². The molecule has 4 atom stereocenters. The number of hydrogen-bond donors (Lipinski definition) is 6. The van der Waals surface area contributed by atoms with Gasteiger partial charge in [0.1, 0.15) is 11.5 Å². The molecule has 4 unspecified atom stereocenters. The smallest absolute Gasteiger partial charge is 0.258 e. The Hall–Kier alpha value is -4.64. The lowest BCUT2D eigenvalue weighted by atomic mass is 9.96. The molecule has 4 saturated heterocycles. The van der Waals surface area contributed by atoms with Crippen LogP contribution in [-0.4, -0.2) is 96.0 Å². The van der Waals surface area contributed by atoms with Crippen LogP contribution in [0.5, 0.6) is 11.5 Å². The van der Waals surface area contributed by atoms with Gasteiger partial charge in [-0.3, -0.25) is 29.0 Å². The Balaban J connectivity index is 0.000000199. The lowest BCUT2D eigenvalue weighted by Crippen LogP contribution is -2.50. The van der Waals surface area contributed by atoms with E-state index in [0.29, 0.717) is 57.1 Å². The maximum absolute atomic E-state index is 12.6. The van der Waals surface area contributed by atoms with E-state index < -0.39 is 0 Å². The standard InChI is InChI=1S/C25H30Cl2N4O3.C24H28Cl2N4O3/c26-17-3-1-16(2-4-17)14-31-20-6-7-21(31)13-19(12-20)29-25(33)15-34-23-8-5-18(27)11-22(23)30-24(32)9-10-28;25-16-3-1-15(2-4-16)13-30-19-6-7-20(30)11-18(10-19)28-24(32)14-33-22-8-5-17(26)9-21(22)29-23(31)12-27/h1-5,8,11,19-21H,6-7,9-10,12-15,28H2,(H,29,33)(H,30,32);1-5,8-9,18-20H,6-7,10-14,27H2,(H,28,32)(H,29,31). The van der Waals surface area contributed by atoms with Crippen molar-refractivity contribution in [2.45, 2.75) is 107 Å². The number of hydrogen-bond acceptors (Lipinski definition) is 10. The maximum Gasteiger partial charge on any atom is 0.258 e. The van der Waals surface area contributed by atoms with E-state index in [1.807, 2.05) is 24.3 Å². The molecule has 14 nitrogen and oxygen atoms in total. The van der Waals surface area contributed by atoms with Crippen LogP contribution in [0, 0.1) is 0 Å². The van der Waals surface area contributed by atoms with Gasteiger partial charge in [0.2, 0.25) is 11.8 Å². The van der Waals surface area contributed by atoms with Gasteiger partial charge in [-0.25, -0.2) is 0 Å². The molecule has 8 N–H and O–H groups in total. The minimum atomic E-state index is -0.368. The van der Waals surface area contributed by atoms with Crippen LogP contribution in [0.1, 0.15) is 68.9 Å². The zero-order chi connectivity index (χ0) is 47.5. The number of nitrogens with two attached hydrogens (primary N) is 2. The fraction of sp³-hybridized carbons (Fsp3) is 0.429. The van der Waals surface area contributed by atoms with Gasteiger partial charge in [0, 0.05) is 82.4 Å². The van der Waals surface area contributed by atoms with Crippen LogP contribution in [0.3, 0.4) is 0 Å². The lowest BCUT2D eigenvalue weighted by Gasteiger charge is -2.39. The number of fused-ring (bicyclic) bond motifs is 4. The highest BCUT2D eigenvalue weighted by Crippen LogP contribution is 2.39. The quantitative estimate of drug-likeness (QED) is 0.0616. The molecule has 4 aromatic rings. The van der Waals surface area contributed by atoms with Crippen molar-refractivity contribution >= 4 is 81.4 Å². The van der Waals surface area contributed by atoms with Crippen LogP contribution in [0.15, 0.2) is 84.9 Å². The third-order valence-electron chi connectivity index (χ3n) is 12.8. The van der Waals surface area contributed by atoms with E-state index in [1.54, 1.807) is 36.4 Å². The molecule has 0 aliphatic carbocycles. The largest absolute Gasteiger partial charge is 0.482 e. The van der Waals surface area contributed by atoms with Crippen molar-refractivity contribution in [3.8, 4) is 11.5 Å². The van der Waals surface area contributed by atoms with Crippen molar-refractivity contribution < 1.29 is 28.7 Å². The van der Waals surface area contributed by atoms with Gasteiger partial charge < -0.3 is 42.2 Å². The van der Waals surface area contributed by atoms with Crippen LogP contribution in [0.25, 0.3) is 0 Å². The fourth-order valence-corrected chi connectivity index (χ4v) is 10.3. The molecular weight excluding hydrogens is 938 g/mol. The third kappa shape index (κ3) is 14.4. The molecule has 358 valence electrons. The summed E-state index contributed by atoms with van der Waals surface area (Å²) < 4.78 is 11.4. The number of rotatable bonds is 17. The minimum absolute atomic E-state index is 0.127. The van der Waals surface area contributed by atoms with Gasteiger partial charge in [0.25, 0.3) is 11.8 Å². The summed E-state index contributed by atoms with van der Waals surface area (Å²) in [5.74, 6) is -0.203. The number of benzene rings is 4. The van der Waals surface area contributed by atoms with E-state index in [1.165, 1.54) is 11.1 Å². The first-order chi connectivity index (χ1) is 32.3. The molecule has 0 spiro atoms. The molecule has 0 aromatic heterocycles. The van der Waals surface area contributed by atoms with Crippen molar-refractivity contribution in [1.29, 1.82) is 0 Å². The molecule has 4 aliphatic rings. The lowest BCUT2D eigenvalue weighted by molar-refractivity contribution is -0.125. The van der Waals surface area contributed by atoms with Gasteiger partial charge in [-0.2, -0.15) is 0 Å². The summed E-state index contributed by atoms with van der Waals surface area (Å²) in [6.45, 7) is 1.61. The highest BCUT2D eigenvalue weighted by atomic mass is 35.5. The summed E-state index contributed by atoms with van der Waals surface area (Å²) in [6, 6.07) is 27.8. The average Bonchev–Trinajstić information content (AvgIpc) is 3.66. The topological polar surface area (TPSA) is 193 Å². The summed E-state index contributed by atoms with van der Waals surface area (Å²) in [7, 11) is 0. The zero-order valence-electron chi connectivity index (χ0n) is 37.2. The second-order valence-corrected chi connectivity index (χ2v) is 19.3. The Morgan fingerprint density at radius 3 is 1.27 bits per heavy atom. The van der Waals surface area contributed by atoms with Crippen molar-refractivity contribution in [2.24, 2.45) is 11.5 Å². The zero-order valence-corrected chi connectivity index (χ0v) is 40.2. The van der Waals surface area contributed by atoms with E-state index in [-0.39, 0.29) is 68.4 Å². The summed E-state index contributed by atoms with van der Waals surface area (Å²) in [5, 5.41) is 14.0. The second kappa shape index (κ2) is 24.1. The van der Waals surface area contributed by atoms with Crippen LogP contribution in [0.4, 0.5) is 11.4 Å². The number of ether oxygens (including phenoxy) is 2. The summed E-state index contributed by atoms with van der Waals surface area (Å²) >= 11 is 24.1. The number of nitrogens with zero attached hydrogens (tertiary/aromatic N) is 2. The molecule has 0 saturated carbocycles. The third-order valence-corrected chi connectivity index (χ3v) is 13.7. The molecule has 4 bridgehead atoms. The second-order valence-electron chi connectivity index (χ2n) is 17.5. The maximum atomic E-state index is 12.6. The summed E-state index contributed by atoms with van der Waals surface area (Å²) in [5.41, 5.74) is 14.1. The van der Waals surface area contributed by atoms with Crippen molar-refractivity contribution in [3.63, 3.8) is 0 Å². The van der Waals surface area contributed by atoms with E-state index in [0.717, 1.165) is 74.5 Å². The molecule has 0 radical (unpaired) electrons. The van der Waals surface area contributed by atoms with Crippen LogP contribution >= 0.6 is 46.4 Å². The predicted octanol–water partition coefficient (Wildman–Crippen LogP) is 7.55. The number of carbonyl (C=O) groups is 4. The highest BCUT2D eigenvalue weighted by molar-refractivity contribution is 6.31. The van der Waals surface area contributed by atoms with Crippen LogP contribution in [0.2, 0.25) is 20.1 Å². The van der Waals surface area contributed by atoms with Gasteiger partial charge in [0.05, 0.1) is 17.9 Å². The normalized spacial score (nSPS) is 21.9. The predicted molar refractivity (Wildman–Crippen MR) is 264 cm³/mol. The Morgan fingerprint density at radius 1 is 0.522 bits per heavy atom. The molecule has 18 heteroatoms. The number of nitrogens with one attached hydrogen (secondary N) is 4. The van der Waals surface area contributed by atoms with E-state index in [9.17, 15) is 19.2 Å². The summed E-state index contributed by atoms with van der Waals surface area (Å²) in [4.78, 5) is 53.9. The van der Waals surface area contributed by atoms with Gasteiger partial charge in [-0.05, 0) is 123 Å². The van der Waals surface area contributed by atoms with Gasteiger partial charge in [-0.1, -0.05) is 70.7 Å². The number of amides is 4. The first kappa shape index (κ1) is 50.2. The van der Waals surface area contributed by atoms with E-state index in [4.69, 9.17) is 67.3 Å². The SMILES string of the molecule is NCC(=O)Nc1cc(Cl)ccc1OCC(=O)NC1CC2CCC(C1)N2Cc1ccc(Cl)cc1.NCCC(=O)Nc1cc(Cl)ccc1OCC(=O)NC1CC2CCC(C1)N2Cc1ccc(Cl)cc1. The first-order valence-corrected chi connectivity index (χ1v) is 24.3. The molecule has 4 amide bonds. The number of carbonyl (C=O) groups excluding carboxylic acids is 4. The Kier molecular flexibility index (Phi) is 18.1. The van der Waals surface area contributed by atoms with Crippen molar-refractivity contribution in [2.75, 3.05) is 36.9 Å². The van der Waals surface area contributed by atoms with Crippen molar-refractivity contribution in [1.82, 2.24) is 20.4 Å².